The number of aliphatic hydroxyl groups excluding tert-OH is 1. The Balaban J connectivity index is 1.58. The van der Waals surface area contributed by atoms with Gasteiger partial charge in [-0.3, -0.25) is 9.59 Å². The summed E-state index contributed by atoms with van der Waals surface area (Å²) < 4.78 is 6.11. The summed E-state index contributed by atoms with van der Waals surface area (Å²) in [6, 6.07) is 6.24. The highest BCUT2D eigenvalue weighted by Gasteiger charge is 2.49. The van der Waals surface area contributed by atoms with Crippen LogP contribution in [0.5, 0.6) is 0 Å². The number of thiophene rings is 1. The average molecular weight is 487 g/mol. The molecule has 178 valence electrons. The molecule has 2 aromatic rings. The highest BCUT2D eigenvalue weighted by Crippen LogP contribution is 2.44. The maximum atomic E-state index is 13.4. The van der Waals surface area contributed by atoms with Gasteiger partial charge in [0.05, 0.1) is 6.10 Å². The molecule has 3 unspecified atom stereocenters. The summed E-state index contributed by atoms with van der Waals surface area (Å²) >= 11 is 2.98. The van der Waals surface area contributed by atoms with E-state index in [-0.39, 0.29) is 23.5 Å². The number of esters is 1. The fourth-order valence-electron chi connectivity index (χ4n) is 4.89. The molecule has 0 amide bonds. The quantitative estimate of drug-likeness (QED) is 0.399. The summed E-state index contributed by atoms with van der Waals surface area (Å²) in [7, 11) is 0. The topological polar surface area (TPSA) is 63.6 Å². The molecule has 3 atom stereocenters. The number of thioether (sulfide) groups is 1. The van der Waals surface area contributed by atoms with Crippen molar-refractivity contribution < 1.29 is 19.4 Å². The summed E-state index contributed by atoms with van der Waals surface area (Å²) in [4.78, 5) is 27.6. The van der Waals surface area contributed by atoms with Crippen LogP contribution in [0.2, 0.25) is 0 Å². The smallest absolute Gasteiger partial charge is 0.327 e. The molecule has 1 fully saturated rings. The van der Waals surface area contributed by atoms with Gasteiger partial charge in [-0.15, -0.1) is 11.8 Å². The second-order valence-corrected chi connectivity index (χ2v) is 12.7. The highest BCUT2D eigenvalue weighted by molar-refractivity contribution is 8.01. The number of rotatable bonds is 6. The second-order valence-electron chi connectivity index (χ2n) is 10.8. The molecule has 4 rings (SSSR count). The van der Waals surface area contributed by atoms with Crippen molar-refractivity contribution in [1.82, 2.24) is 0 Å². The Bertz CT molecular complexity index is 1020. The SMILES string of the molecule is CC(C)C1(CCc2ccsc2)CC(=O)C(Sc2cc3c(cc2C(C)(C)C)C(O)CC3)C(=O)O1. The molecule has 33 heavy (non-hydrogen) atoms. The monoisotopic (exact) mass is 486 g/mol. The number of aliphatic hydroxyl groups is 1. The van der Waals surface area contributed by atoms with Crippen LogP contribution in [0.25, 0.3) is 0 Å². The van der Waals surface area contributed by atoms with Gasteiger partial charge in [0.2, 0.25) is 0 Å². The molecule has 1 aromatic heterocycles. The number of ketones is 1. The van der Waals surface area contributed by atoms with Gasteiger partial charge >= 0.3 is 5.97 Å². The first-order chi connectivity index (χ1) is 15.5. The molecule has 0 bridgehead atoms. The number of fused-ring (bicyclic) bond motifs is 1. The number of benzene rings is 1. The van der Waals surface area contributed by atoms with Crippen LogP contribution in [0.3, 0.4) is 0 Å². The minimum absolute atomic E-state index is 0.0457. The van der Waals surface area contributed by atoms with E-state index in [1.807, 2.05) is 19.2 Å². The van der Waals surface area contributed by atoms with Crippen molar-refractivity contribution in [3.8, 4) is 0 Å². The van der Waals surface area contributed by atoms with E-state index in [1.165, 1.54) is 17.3 Å². The fraction of sp³-hybridized carbons (Fsp3) is 0.556. The Labute approximate surface area is 205 Å². The van der Waals surface area contributed by atoms with Crippen LogP contribution in [0.4, 0.5) is 0 Å². The fourth-order valence-corrected chi connectivity index (χ4v) is 6.91. The third-order valence-corrected chi connectivity index (χ3v) is 9.11. The Hall–Kier alpha value is -1.63. The van der Waals surface area contributed by atoms with Crippen LogP contribution in [0.1, 0.15) is 82.2 Å². The molecule has 0 radical (unpaired) electrons. The van der Waals surface area contributed by atoms with Crippen LogP contribution in [0, 0.1) is 5.92 Å². The van der Waals surface area contributed by atoms with Crippen LogP contribution >= 0.6 is 23.1 Å². The molecule has 1 aliphatic heterocycles. The summed E-state index contributed by atoms with van der Waals surface area (Å²) in [5.74, 6) is -0.409. The third-order valence-electron chi connectivity index (χ3n) is 7.09. The minimum Gasteiger partial charge on any atom is -0.457 e. The van der Waals surface area contributed by atoms with Crippen molar-refractivity contribution in [3.63, 3.8) is 0 Å². The lowest BCUT2D eigenvalue weighted by molar-refractivity contribution is -0.176. The van der Waals surface area contributed by atoms with E-state index in [0.717, 1.165) is 40.8 Å². The first-order valence-corrected chi connectivity index (χ1v) is 13.6. The number of hydrogen-bond donors (Lipinski definition) is 1. The molecular weight excluding hydrogens is 452 g/mol. The molecule has 4 nitrogen and oxygen atoms in total. The molecule has 2 aliphatic rings. The number of Topliss-reactive ketones (excluding diaryl/α,β-unsaturated/α-hetero) is 1. The molecule has 6 heteroatoms. The predicted octanol–water partition coefficient (Wildman–Crippen LogP) is 6.03. The summed E-state index contributed by atoms with van der Waals surface area (Å²) in [6.45, 7) is 10.4. The Morgan fingerprint density at radius 1 is 1.27 bits per heavy atom. The maximum Gasteiger partial charge on any atom is 0.327 e. The van der Waals surface area contributed by atoms with Gasteiger partial charge in [0.15, 0.2) is 11.0 Å². The number of hydrogen-bond acceptors (Lipinski definition) is 6. The first kappa shape index (κ1) is 24.5. The Morgan fingerprint density at radius 2 is 2.03 bits per heavy atom. The molecular formula is C27H34O4S2. The zero-order valence-electron chi connectivity index (χ0n) is 20.1. The molecule has 1 aromatic carbocycles. The lowest BCUT2D eigenvalue weighted by Gasteiger charge is -2.41. The summed E-state index contributed by atoms with van der Waals surface area (Å²) in [5, 5.41) is 13.7. The third kappa shape index (κ3) is 4.94. The molecule has 0 spiro atoms. The van der Waals surface area contributed by atoms with Gasteiger partial charge in [-0.2, -0.15) is 11.3 Å². The summed E-state index contributed by atoms with van der Waals surface area (Å²) in [5.41, 5.74) is 3.45. The van der Waals surface area contributed by atoms with Crippen molar-refractivity contribution >= 4 is 34.9 Å². The van der Waals surface area contributed by atoms with E-state index < -0.39 is 22.9 Å². The van der Waals surface area contributed by atoms with Crippen molar-refractivity contribution in [2.75, 3.05) is 0 Å². The average Bonchev–Trinajstić information content (AvgIpc) is 3.37. The Morgan fingerprint density at radius 3 is 2.64 bits per heavy atom. The normalized spacial score (nSPS) is 25.4. The van der Waals surface area contributed by atoms with E-state index in [2.05, 4.69) is 44.4 Å². The van der Waals surface area contributed by atoms with E-state index in [4.69, 9.17) is 4.74 Å². The van der Waals surface area contributed by atoms with Crippen molar-refractivity contribution in [2.24, 2.45) is 5.92 Å². The van der Waals surface area contributed by atoms with Gasteiger partial charge in [0, 0.05) is 11.3 Å². The zero-order valence-corrected chi connectivity index (χ0v) is 21.8. The lowest BCUT2D eigenvalue weighted by atomic mass is 9.78. The molecule has 1 saturated heterocycles. The van der Waals surface area contributed by atoms with Gasteiger partial charge in [-0.25, -0.2) is 0 Å². The van der Waals surface area contributed by atoms with Crippen LogP contribution in [-0.2, 0) is 32.6 Å². The number of aryl methyl sites for hydroxylation is 2. The minimum atomic E-state index is -0.844. The maximum absolute atomic E-state index is 13.4. The van der Waals surface area contributed by atoms with E-state index in [0.29, 0.717) is 6.42 Å². The van der Waals surface area contributed by atoms with E-state index in [1.54, 1.807) is 11.3 Å². The van der Waals surface area contributed by atoms with Crippen molar-refractivity contribution in [1.29, 1.82) is 0 Å². The molecule has 1 aliphatic carbocycles. The highest BCUT2D eigenvalue weighted by atomic mass is 32.2. The Kier molecular flexibility index (Phi) is 6.83. The first-order valence-electron chi connectivity index (χ1n) is 11.8. The number of carbonyl (C=O) groups is 2. The summed E-state index contributed by atoms with van der Waals surface area (Å²) in [6.07, 6.45) is 2.81. The van der Waals surface area contributed by atoms with Crippen molar-refractivity contribution in [2.45, 2.75) is 94.0 Å². The molecule has 0 saturated carbocycles. The van der Waals surface area contributed by atoms with Gasteiger partial charge in [-0.1, -0.05) is 40.7 Å². The lowest BCUT2D eigenvalue weighted by Crippen LogP contribution is -2.52. The number of ether oxygens (including phenoxy) is 1. The van der Waals surface area contributed by atoms with Gasteiger partial charge < -0.3 is 9.84 Å². The van der Waals surface area contributed by atoms with E-state index >= 15 is 0 Å². The van der Waals surface area contributed by atoms with Crippen LogP contribution in [0.15, 0.2) is 33.9 Å². The largest absolute Gasteiger partial charge is 0.457 e. The van der Waals surface area contributed by atoms with Crippen molar-refractivity contribution in [3.05, 3.63) is 51.2 Å². The van der Waals surface area contributed by atoms with Gasteiger partial charge in [0.25, 0.3) is 0 Å². The second kappa shape index (κ2) is 9.20. The van der Waals surface area contributed by atoms with Gasteiger partial charge in [-0.05, 0) is 82.2 Å². The van der Waals surface area contributed by atoms with E-state index in [9.17, 15) is 14.7 Å². The van der Waals surface area contributed by atoms with Crippen LogP contribution in [-0.4, -0.2) is 27.7 Å². The standard InChI is InChI=1S/C27H34O4S2/c1-16(2)27(10-8-17-9-11-32-15-17)14-22(29)24(25(30)31-27)33-23-12-18-6-7-21(28)19(18)13-20(23)26(3,4)5/h9,11-13,15-16,21,24,28H,6-8,10,14H2,1-5H3. The molecule has 2 heterocycles. The number of carbonyl (C=O) groups excluding carboxylic acids is 2. The zero-order chi connectivity index (χ0) is 24.0. The van der Waals surface area contributed by atoms with Crippen LogP contribution < -0.4 is 0 Å². The van der Waals surface area contributed by atoms with Gasteiger partial charge in [0.1, 0.15) is 5.60 Å². The predicted molar refractivity (Wildman–Crippen MR) is 134 cm³/mol. The number of cyclic esters (lactones) is 1. The molecule has 1 N–H and O–H groups in total.